The van der Waals surface area contributed by atoms with Crippen molar-refractivity contribution in [1.82, 2.24) is 15.0 Å². The lowest BCUT2D eigenvalue weighted by atomic mass is 10.2. The fourth-order valence-electron chi connectivity index (χ4n) is 3.09. The zero-order chi connectivity index (χ0) is 23.9. The summed E-state index contributed by atoms with van der Waals surface area (Å²) in [6.07, 6.45) is 1.42. The molecule has 0 radical (unpaired) electrons. The molecule has 13 nitrogen and oxygen atoms in total. The van der Waals surface area contributed by atoms with E-state index in [2.05, 4.69) is 30.8 Å². The number of non-ortho nitro benzene ring substituents is 1. The van der Waals surface area contributed by atoms with E-state index in [0.717, 1.165) is 0 Å². The number of rotatable bonds is 8. The molecule has 34 heavy (non-hydrogen) atoms. The Morgan fingerprint density at radius 2 is 1.88 bits per heavy atom. The number of methoxy groups -OCH3 is 1. The zero-order valence-electron chi connectivity index (χ0n) is 18.2. The first-order valence-corrected chi connectivity index (χ1v) is 10.3. The van der Waals surface area contributed by atoms with Gasteiger partial charge in [-0.05, 0) is 30.3 Å². The maximum atomic E-state index is 10.9. The van der Waals surface area contributed by atoms with E-state index in [0.29, 0.717) is 49.3 Å². The van der Waals surface area contributed by atoms with Crippen molar-refractivity contribution in [1.29, 1.82) is 0 Å². The number of anilines is 4. The Balaban J connectivity index is 1.57. The van der Waals surface area contributed by atoms with Gasteiger partial charge in [0.1, 0.15) is 11.5 Å². The second-order valence-corrected chi connectivity index (χ2v) is 7.11. The average Bonchev–Trinajstić information content (AvgIpc) is 2.86. The molecule has 0 aliphatic carbocycles. The lowest BCUT2D eigenvalue weighted by Gasteiger charge is -2.27. The molecule has 176 valence electrons. The van der Waals surface area contributed by atoms with Crippen molar-refractivity contribution in [2.24, 2.45) is 5.10 Å². The van der Waals surface area contributed by atoms with Gasteiger partial charge in [0, 0.05) is 36.5 Å². The highest BCUT2D eigenvalue weighted by Gasteiger charge is 2.17. The first-order chi connectivity index (χ1) is 16.5. The van der Waals surface area contributed by atoms with E-state index in [4.69, 9.17) is 9.47 Å². The van der Waals surface area contributed by atoms with Crippen molar-refractivity contribution in [3.8, 4) is 11.5 Å². The molecule has 0 spiro atoms. The summed E-state index contributed by atoms with van der Waals surface area (Å²) in [4.78, 5) is 25.6. The monoisotopic (exact) mass is 466 g/mol. The number of nitro benzene ring substituents is 1. The van der Waals surface area contributed by atoms with E-state index in [1.807, 2.05) is 4.90 Å². The number of hydrogen-bond acceptors (Lipinski definition) is 12. The second-order valence-electron chi connectivity index (χ2n) is 7.11. The molecule has 2 heterocycles. The van der Waals surface area contributed by atoms with E-state index in [9.17, 15) is 15.2 Å². The Kier molecular flexibility index (Phi) is 6.93. The molecule has 3 aromatic rings. The van der Waals surface area contributed by atoms with E-state index in [-0.39, 0.29) is 23.3 Å². The molecule has 3 N–H and O–H groups in total. The van der Waals surface area contributed by atoms with Gasteiger partial charge in [-0.25, -0.2) is 5.43 Å². The van der Waals surface area contributed by atoms with Crippen molar-refractivity contribution in [2.75, 3.05) is 49.1 Å². The van der Waals surface area contributed by atoms with Crippen LogP contribution in [-0.4, -0.2) is 64.6 Å². The zero-order valence-corrected chi connectivity index (χ0v) is 18.2. The maximum absolute atomic E-state index is 10.9. The Bertz CT molecular complexity index is 1180. The van der Waals surface area contributed by atoms with E-state index in [1.165, 1.54) is 31.5 Å². The third kappa shape index (κ3) is 5.63. The molecule has 2 aromatic carbocycles. The second kappa shape index (κ2) is 10.4. The normalized spacial score (nSPS) is 13.6. The lowest BCUT2D eigenvalue weighted by Crippen LogP contribution is -2.37. The van der Waals surface area contributed by atoms with Crippen LogP contribution in [0.4, 0.5) is 29.2 Å². The molecule has 0 bridgehead atoms. The van der Waals surface area contributed by atoms with Gasteiger partial charge in [0.25, 0.3) is 5.69 Å². The molecule has 1 aliphatic heterocycles. The predicted molar refractivity (Wildman–Crippen MR) is 125 cm³/mol. The molecule has 0 unspecified atom stereocenters. The van der Waals surface area contributed by atoms with Crippen LogP contribution in [0.3, 0.4) is 0 Å². The number of benzene rings is 2. The first-order valence-electron chi connectivity index (χ1n) is 10.3. The van der Waals surface area contributed by atoms with E-state index in [1.54, 1.807) is 24.3 Å². The maximum Gasteiger partial charge on any atom is 0.269 e. The molecule has 1 fully saturated rings. The molecular formula is C21H22N8O5. The van der Waals surface area contributed by atoms with Crippen LogP contribution in [0.25, 0.3) is 0 Å². The van der Waals surface area contributed by atoms with Gasteiger partial charge < -0.3 is 24.8 Å². The third-order valence-electron chi connectivity index (χ3n) is 4.85. The van der Waals surface area contributed by atoms with Gasteiger partial charge in [-0.2, -0.15) is 20.1 Å². The van der Waals surface area contributed by atoms with Crippen LogP contribution in [0.5, 0.6) is 11.5 Å². The number of hydrogen-bond donors (Lipinski definition) is 3. The molecule has 1 saturated heterocycles. The number of hydrazone groups is 1. The van der Waals surface area contributed by atoms with Crippen molar-refractivity contribution < 1.29 is 19.5 Å². The summed E-state index contributed by atoms with van der Waals surface area (Å²) in [5, 5.41) is 28.1. The molecule has 4 rings (SSSR count). The van der Waals surface area contributed by atoms with Gasteiger partial charge in [-0.3, -0.25) is 10.1 Å². The fraction of sp³-hybridized carbons (Fsp3) is 0.238. The van der Waals surface area contributed by atoms with Gasteiger partial charge in [-0.1, -0.05) is 0 Å². The summed E-state index contributed by atoms with van der Waals surface area (Å²) in [6.45, 7) is 2.32. The Morgan fingerprint density at radius 3 is 2.59 bits per heavy atom. The minimum Gasteiger partial charge on any atom is -0.507 e. The Morgan fingerprint density at radius 1 is 1.15 bits per heavy atom. The highest BCUT2D eigenvalue weighted by molar-refractivity contribution is 5.84. The number of aromatic nitrogens is 3. The standard InChI is InChI=1S/C21H22N8O5/c1-33-17-6-7-18(30)14(12-17)13-22-27-20-24-19(23-15-2-4-16(5-3-15)29(31)32)25-21(26-20)28-8-10-34-11-9-28/h2-7,12-13,30H,8-11H2,1H3,(H2,23,24,25,26,27)/b22-13-. The minimum atomic E-state index is -0.469. The van der Waals surface area contributed by atoms with Gasteiger partial charge in [-0.15, -0.1) is 0 Å². The van der Waals surface area contributed by atoms with Crippen LogP contribution in [0.2, 0.25) is 0 Å². The molecule has 13 heteroatoms. The molecule has 1 aliphatic rings. The third-order valence-corrected chi connectivity index (χ3v) is 4.85. The van der Waals surface area contributed by atoms with Gasteiger partial charge in [0.05, 0.1) is 31.5 Å². The highest BCUT2D eigenvalue weighted by atomic mass is 16.6. The number of ether oxygens (including phenoxy) is 2. The van der Waals surface area contributed by atoms with Crippen LogP contribution in [0.15, 0.2) is 47.6 Å². The van der Waals surface area contributed by atoms with Crippen LogP contribution >= 0.6 is 0 Å². The quantitative estimate of drug-likeness (QED) is 0.254. The number of nitro groups is 1. The van der Waals surface area contributed by atoms with Crippen molar-refractivity contribution >= 4 is 35.4 Å². The van der Waals surface area contributed by atoms with Crippen molar-refractivity contribution in [2.45, 2.75) is 0 Å². The number of phenols is 1. The van der Waals surface area contributed by atoms with Gasteiger partial charge in [0.15, 0.2) is 0 Å². The van der Waals surface area contributed by atoms with Crippen LogP contribution < -0.4 is 20.4 Å². The number of phenolic OH excluding ortho intramolecular Hbond substituents is 1. The van der Waals surface area contributed by atoms with Crippen molar-refractivity contribution in [3.63, 3.8) is 0 Å². The molecule has 1 aromatic heterocycles. The minimum absolute atomic E-state index is 0.0207. The number of nitrogens with zero attached hydrogens (tertiary/aromatic N) is 6. The molecule has 0 amide bonds. The summed E-state index contributed by atoms with van der Waals surface area (Å²) in [5.74, 6) is 1.43. The molecular weight excluding hydrogens is 444 g/mol. The fourth-order valence-corrected chi connectivity index (χ4v) is 3.09. The van der Waals surface area contributed by atoms with E-state index >= 15 is 0 Å². The molecule has 0 atom stereocenters. The van der Waals surface area contributed by atoms with Crippen LogP contribution in [-0.2, 0) is 4.74 Å². The highest BCUT2D eigenvalue weighted by Crippen LogP contribution is 2.22. The van der Waals surface area contributed by atoms with E-state index < -0.39 is 4.92 Å². The summed E-state index contributed by atoms with van der Waals surface area (Å²) >= 11 is 0. The molecule has 0 saturated carbocycles. The summed E-state index contributed by atoms with van der Waals surface area (Å²) in [6, 6.07) is 10.7. The number of morpholine rings is 1. The Hall–Kier alpha value is -4.52. The largest absolute Gasteiger partial charge is 0.507 e. The smallest absolute Gasteiger partial charge is 0.269 e. The summed E-state index contributed by atoms with van der Waals surface area (Å²) < 4.78 is 10.6. The topological polar surface area (TPSA) is 160 Å². The predicted octanol–water partition coefficient (Wildman–Crippen LogP) is 2.52. The SMILES string of the molecule is COc1ccc(O)c(/C=N\Nc2nc(Nc3ccc([N+](=O)[O-])cc3)nc(N3CCOCC3)n2)c1. The van der Waals surface area contributed by atoms with Gasteiger partial charge in [0.2, 0.25) is 17.8 Å². The van der Waals surface area contributed by atoms with Crippen LogP contribution in [0, 0.1) is 10.1 Å². The van der Waals surface area contributed by atoms with Gasteiger partial charge >= 0.3 is 0 Å². The first kappa shape index (κ1) is 22.7. The summed E-state index contributed by atoms with van der Waals surface area (Å²) in [7, 11) is 1.53. The number of aromatic hydroxyl groups is 1. The summed E-state index contributed by atoms with van der Waals surface area (Å²) in [5.41, 5.74) is 3.75. The van der Waals surface area contributed by atoms with Crippen molar-refractivity contribution in [3.05, 3.63) is 58.1 Å². The average molecular weight is 466 g/mol. The van der Waals surface area contributed by atoms with Crippen LogP contribution in [0.1, 0.15) is 5.56 Å². The Labute approximate surface area is 194 Å². The number of nitrogens with one attached hydrogen (secondary N) is 2. The lowest BCUT2D eigenvalue weighted by molar-refractivity contribution is -0.384.